The molecular formula is C36H48F3NO5. The molecule has 45 heavy (non-hydrogen) atoms. The predicted molar refractivity (Wildman–Crippen MR) is 164 cm³/mol. The lowest BCUT2D eigenvalue weighted by molar-refractivity contribution is -0.177. The van der Waals surface area contributed by atoms with Crippen LogP contribution >= 0.6 is 0 Å². The van der Waals surface area contributed by atoms with Gasteiger partial charge in [0, 0.05) is 40.5 Å². The van der Waals surface area contributed by atoms with Crippen molar-refractivity contribution < 1.29 is 38.4 Å². The number of aliphatic hydroxyl groups excluding tert-OH is 3. The summed E-state index contributed by atoms with van der Waals surface area (Å²) in [4.78, 5) is 16.6. The number of alkyl halides is 3. The predicted octanol–water partition coefficient (Wildman–Crippen LogP) is 5.54. The molecule has 9 atom stereocenters. The average Bonchev–Trinajstić information content (AvgIpc) is 3.26. The zero-order valence-electron chi connectivity index (χ0n) is 26.6. The van der Waals surface area contributed by atoms with Gasteiger partial charge in [0.15, 0.2) is 5.78 Å². The average molecular weight is 632 g/mol. The van der Waals surface area contributed by atoms with Crippen molar-refractivity contribution in [3.8, 4) is 0 Å². The van der Waals surface area contributed by atoms with Crippen LogP contribution in [0.2, 0.25) is 0 Å². The maximum Gasteiger partial charge on any atom is 0.416 e. The molecule has 0 saturated heterocycles. The van der Waals surface area contributed by atoms with E-state index in [9.17, 15) is 38.4 Å². The maximum absolute atomic E-state index is 14.6. The Morgan fingerprint density at radius 1 is 1.07 bits per heavy atom. The van der Waals surface area contributed by atoms with Crippen LogP contribution in [-0.2, 0) is 6.18 Å². The number of aliphatic hydroxyl groups is 4. The number of allylic oxidation sites excluding steroid dienone is 4. The first kappa shape index (κ1) is 32.9. The Labute approximate surface area is 264 Å². The topological polar surface area (TPSA) is 101 Å². The number of carbonyl (C=O) groups is 1. The van der Waals surface area contributed by atoms with Crippen molar-refractivity contribution in [2.75, 3.05) is 26.2 Å². The second-order valence-electron chi connectivity index (χ2n) is 15.3. The van der Waals surface area contributed by atoms with Gasteiger partial charge in [-0.2, -0.15) is 13.2 Å². The first-order valence-electron chi connectivity index (χ1n) is 16.7. The van der Waals surface area contributed by atoms with Crippen molar-refractivity contribution in [3.63, 3.8) is 0 Å². The minimum atomic E-state index is -4.58. The number of hydrogen-bond acceptors (Lipinski definition) is 6. The summed E-state index contributed by atoms with van der Waals surface area (Å²) >= 11 is 0. The number of hydrogen-bond donors (Lipinski definition) is 4. The van der Waals surface area contributed by atoms with Crippen LogP contribution in [0.1, 0.15) is 88.1 Å². The van der Waals surface area contributed by atoms with E-state index in [1.165, 1.54) is 12.1 Å². The Bertz CT molecular complexity index is 1390. The molecule has 3 saturated carbocycles. The van der Waals surface area contributed by atoms with Crippen molar-refractivity contribution in [2.45, 2.75) is 96.1 Å². The summed E-state index contributed by atoms with van der Waals surface area (Å²) in [6.07, 6.45) is 5.66. The van der Waals surface area contributed by atoms with Gasteiger partial charge in [-0.1, -0.05) is 51.1 Å². The summed E-state index contributed by atoms with van der Waals surface area (Å²) in [7, 11) is 0. The van der Waals surface area contributed by atoms with Crippen LogP contribution in [0.3, 0.4) is 0 Å². The van der Waals surface area contributed by atoms with Gasteiger partial charge in [-0.15, -0.1) is 0 Å². The van der Waals surface area contributed by atoms with Crippen LogP contribution in [0.15, 0.2) is 48.1 Å². The third-order valence-electron chi connectivity index (χ3n) is 13.1. The van der Waals surface area contributed by atoms with Gasteiger partial charge in [0.2, 0.25) is 0 Å². The molecule has 248 valence electrons. The monoisotopic (exact) mass is 631 g/mol. The smallest absolute Gasteiger partial charge is 0.394 e. The molecule has 6 aliphatic rings. The second kappa shape index (κ2) is 11.0. The van der Waals surface area contributed by atoms with Crippen LogP contribution in [0.5, 0.6) is 0 Å². The molecule has 2 bridgehead atoms. The van der Waals surface area contributed by atoms with Gasteiger partial charge in [0.05, 0.1) is 30.0 Å². The molecule has 0 heterocycles. The molecule has 1 aromatic carbocycles. The molecule has 4 N–H and O–H groups in total. The van der Waals surface area contributed by atoms with E-state index in [0.29, 0.717) is 44.3 Å². The van der Waals surface area contributed by atoms with Crippen LogP contribution < -0.4 is 0 Å². The number of benzene rings is 1. The standard InChI is InChI=1S/C36H48F3NO5/c1-4-16-40(20-26(43)21-41)22-34(45)13-10-29-32(34,3)12-9-28-31(2)11-8-25(42)18-33(31)14-15-35(28,29)27(19-33)30(44)23-6-5-7-24(17-23)36(37,38)39/h5-7,14-15,17,19,25-26,28-29,41-43,45H,4,8-13,16,18,20-22H2,1-3H3/t25?,26-,28+,29+,31+,32-,33-,34+,35+/m0/s1. The van der Waals surface area contributed by atoms with Gasteiger partial charge in [-0.3, -0.25) is 9.69 Å². The summed E-state index contributed by atoms with van der Waals surface area (Å²) in [5.41, 5.74) is -3.68. The van der Waals surface area contributed by atoms with E-state index in [1.54, 1.807) is 0 Å². The molecule has 0 radical (unpaired) electrons. The number of nitrogens with zero attached hydrogens (tertiary/aromatic N) is 1. The molecular weight excluding hydrogens is 583 g/mol. The zero-order valence-corrected chi connectivity index (χ0v) is 26.6. The van der Waals surface area contributed by atoms with Crippen molar-refractivity contribution in [1.82, 2.24) is 4.90 Å². The van der Waals surface area contributed by atoms with Gasteiger partial charge in [-0.05, 0) is 87.3 Å². The molecule has 1 aromatic rings. The van der Waals surface area contributed by atoms with Crippen LogP contribution in [0.4, 0.5) is 13.2 Å². The first-order chi connectivity index (χ1) is 21.1. The van der Waals surface area contributed by atoms with Crippen molar-refractivity contribution in [1.29, 1.82) is 0 Å². The first-order valence-corrected chi connectivity index (χ1v) is 16.7. The fourth-order valence-electron chi connectivity index (χ4n) is 10.9. The number of ketones is 1. The molecule has 2 spiro atoms. The quantitative estimate of drug-likeness (QED) is 0.211. The highest BCUT2D eigenvalue weighted by Gasteiger charge is 2.74. The number of fused-ring (bicyclic) bond motifs is 1. The van der Waals surface area contributed by atoms with Crippen molar-refractivity contribution in [2.24, 2.45) is 33.5 Å². The molecule has 0 amide bonds. The third-order valence-corrected chi connectivity index (χ3v) is 13.1. The Balaban J connectivity index is 1.46. The second-order valence-corrected chi connectivity index (χ2v) is 15.3. The van der Waals surface area contributed by atoms with E-state index in [-0.39, 0.29) is 36.0 Å². The summed E-state index contributed by atoms with van der Waals surface area (Å²) in [6, 6.07) is 4.69. The fourth-order valence-corrected chi connectivity index (χ4v) is 10.9. The van der Waals surface area contributed by atoms with E-state index in [0.717, 1.165) is 37.8 Å². The van der Waals surface area contributed by atoms with E-state index in [2.05, 4.69) is 26.0 Å². The Morgan fingerprint density at radius 2 is 1.76 bits per heavy atom. The van der Waals surface area contributed by atoms with Crippen molar-refractivity contribution >= 4 is 5.78 Å². The minimum absolute atomic E-state index is 0.00672. The summed E-state index contributed by atoms with van der Waals surface area (Å²) in [6.45, 7) is 7.27. The highest BCUT2D eigenvalue weighted by atomic mass is 19.4. The number of rotatable bonds is 9. The lowest BCUT2D eigenvalue weighted by atomic mass is 9.32. The molecule has 6 nitrogen and oxygen atoms in total. The molecule has 6 aliphatic carbocycles. The Hall–Kier alpha value is -2.04. The largest absolute Gasteiger partial charge is 0.416 e. The highest BCUT2D eigenvalue weighted by Crippen LogP contribution is 2.78. The highest BCUT2D eigenvalue weighted by molar-refractivity contribution is 6.10. The minimum Gasteiger partial charge on any atom is -0.394 e. The molecule has 7 rings (SSSR count). The summed E-state index contributed by atoms with van der Waals surface area (Å²) in [5.74, 6) is -0.518. The third kappa shape index (κ3) is 4.73. The van der Waals surface area contributed by atoms with E-state index in [4.69, 9.17) is 0 Å². The molecule has 3 fully saturated rings. The number of halogens is 3. The number of carbonyl (C=O) groups excluding carboxylic acids is 1. The summed E-state index contributed by atoms with van der Waals surface area (Å²) in [5, 5.41) is 43.2. The summed E-state index contributed by atoms with van der Waals surface area (Å²) < 4.78 is 41.3. The molecule has 0 aliphatic heterocycles. The van der Waals surface area contributed by atoms with Crippen LogP contribution in [-0.4, -0.2) is 75.2 Å². The van der Waals surface area contributed by atoms with Gasteiger partial charge in [-0.25, -0.2) is 0 Å². The van der Waals surface area contributed by atoms with Gasteiger partial charge in [0.1, 0.15) is 0 Å². The van der Waals surface area contributed by atoms with E-state index < -0.39 is 51.6 Å². The normalized spacial score (nSPS) is 41.0. The van der Waals surface area contributed by atoms with Crippen LogP contribution in [0.25, 0.3) is 0 Å². The SMILES string of the molecule is CCCN(C[C@H](O)CO)C[C@]1(O)CC[C@H]2[C@]34C=C[C@@]5(C=C3C(=O)c3cccc(C(F)(F)F)c3)CC(O)CC[C@]5(C)[C@H]4CC[C@@]21C. The Morgan fingerprint density at radius 3 is 2.44 bits per heavy atom. The van der Waals surface area contributed by atoms with Gasteiger partial charge >= 0.3 is 6.18 Å². The molecule has 1 unspecified atom stereocenters. The van der Waals surface area contributed by atoms with Gasteiger partial charge in [0.25, 0.3) is 0 Å². The molecule has 9 heteroatoms. The lowest BCUT2D eigenvalue weighted by Gasteiger charge is -2.71. The lowest BCUT2D eigenvalue weighted by Crippen LogP contribution is -2.67. The van der Waals surface area contributed by atoms with Crippen LogP contribution in [0, 0.1) is 33.5 Å². The van der Waals surface area contributed by atoms with E-state index in [1.807, 2.05) is 17.9 Å². The maximum atomic E-state index is 14.6. The molecule has 0 aromatic heterocycles. The van der Waals surface area contributed by atoms with Crippen molar-refractivity contribution in [3.05, 3.63) is 59.2 Å². The van der Waals surface area contributed by atoms with Gasteiger partial charge < -0.3 is 20.4 Å². The zero-order chi connectivity index (χ0) is 32.6. The fraction of sp³-hybridized carbons (Fsp3) is 0.694. The number of Topliss-reactive ketones (excluding diaryl/α,β-unsaturated/α-hetero) is 1. The Kier molecular flexibility index (Phi) is 8.05. The van der Waals surface area contributed by atoms with E-state index >= 15 is 0 Å².